The van der Waals surface area contributed by atoms with Gasteiger partial charge < -0.3 is 10.3 Å². The lowest BCUT2D eigenvalue weighted by Gasteiger charge is -2.12. The van der Waals surface area contributed by atoms with Crippen molar-refractivity contribution in [3.05, 3.63) is 53.7 Å². The SMILES string of the molecule is Cn1ccnc1-c1cn(CC[C@H](N)Cc2cc(F)c(F)cc2F)nn1. The molecule has 0 unspecified atom stereocenters. The van der Waals surface area contributed by atoms with Crippen LogP contribution in [-0.4, -0.2) is 30.6 Å². The van der Waals surface area contributed by atoms with Gasteiger partial charge in [0.05, 0.1) is 6.20 Å². The molecule has 6 nitrogen and oxygen atoms in total. The van der Waals surface area contributed by atoms with E-state index in [0.29, 0.717) is 30.6 Å². The van der Waals surface area contributed by atoms with E-state index in [1.54, 1.807) is 23.3 Å². The van der Waals surface area contributed by atoms with Crippen molar-refractivity contribution in [2.24, 2.45) is 12.8 Å². The maximum absolute atomic E-state index is 13.7. The molecule has 2 N–H and O–H groups in total. The van der Waals surface area contributed by atoms with Crippen molar-refractivity contribution in [2.45, 2.75) is 25.4 Å². The van der Waals surface area contributed by atoms with Gasteiger partial charge >= 0.3 is 0 Å². The van der Waals surface area contributed by atoms with Gasteiger partial charge in [0, 0.05) is 38.1 Å². The molecule has 3 rings (SSSR count). The first kappa shape index (κ1) is 17.2. The molecule has 0 fully saturated rings. The van der Waals surface area contributed by atoms with Crippen LogP contribution in [0.2, 0.25) is 0 Å². The van der Waals surface area contributed by atoms with E-state index in [9.17, 15) is 13.2 Å². The molecule has 0 aliphatic rings. The van der Waals surface area contributed by atoms with Crippen LogP contribution in [-0.2, 0) is 20.0 Å². The standard InChI is InChI=1S/C16H17F3N6/c1-24-5-3-21-16(24)15-9-25(23-22-15)4-2-11(20)6-10-7-13(18)14(19)8-12(10)17/h3,5,7-9,11H,2,4,6,20H2,1H3/t11-/m0/s1. The van der Waals surface area contributed by atoms with Gasteiger partial charge in [-0.25, -0.2) is 18.2 Å². The Kier molecular flexibility index (Phi) is 4.84. The molecule has 0 saturated carbocycles. The minimum absolute atomic E-state index is 0.0543. The molecular formula is C16H17F3N6. The van der Waals surface area contributed by atoms with Crippen LogP contribution >= 0.6 is 0 Å². The second-order valence-electron chi connectivity index (χ2n) is 5.84. The highest BCUT2D eigenvalue weighted by Crippen LogP contribution is 2.16. The van der Waals surface area contributed by atoms with Crippen LogP contribution in [0.15, 0.2) is 30.7 Å². The summed E-state index contributed by atoms with van der Waals surface area (Å²) in [5.41, 5.74) is 6.66. The van der Waals surface area contributed by atoms with E-state index >= 15 is 0 Å². The largest absolute Gasteiger partial charge is 0.333 e. The average molecular weight is 350 g/mol. The molecule has 0 aliphatic carbocycles. The molecular weight excluding hydrogens is 333 g/mol. The third-order valence-electron chi connectivity index (χ3n) is 3.89. The van der Waals surface area contributed by atoms with Crippen molar-refractivity contribution in [1.29, 1.82) is 0 Å². The highest BCUT2D eigenvalue weighted by atomic mass is 19.2. The van der Waals surface area contributed by atoms with E-state index in [-0.39, 0.29) is 12.0 Å². The number of nitrogens with two attached hydrogens (primary N) is 1. The molecule has 25 heavy (non-hydrogen) atoms. The molecule has 1 atom stereocenters. The summed E-state index contributed by atoms with van der Waals surface area (Å²) < 4.78 is 43.3. The van der Waals surface area contributed by atoms with Crippen molar-refractivity contribution in [1.82, 2.24) is 24.5 Å². The Labute approximate surface area is 142 Å². The van der Waals surface area contributed by atoms with Gasteiger partial charge in [-0.05, 0) is 24.5 Å². The van der Waals surface area contributed by atoms with E-state index in [0.717, 1.165) is 6.07 Å². The highest BCUT2D eigenvalue weighted by molar-refractivity contribution is 5.46. The number of hydrogen-bond acceptors (Lipinski definition) is 4. The van der Waals surface area contributed by atoms with E-state index in [1.165, 1.54) is 0 Å². The summed E-state index contributed by atoms with van der Waals surface area (Å²) in [6.07, 6.45) is 5.79. The van der Waals surface area contributed by atoms with Gasteiger partial charge in [0.1, 0.15) is 11.5 Å². The summed E-state index contributed by atoms with van der Waals surface area (Å²) in [5, 5.41) is 8.06. The summed E-state index contributed by atoms with van der Waals surface area (Å²) in [6, 6.07) is 0.952. The van der Waals surface area contributed by atoms with Crippen molar-refractivity contribution in [3.8, 4) is 11.5 Å². The molecule has 0 spiro atoms. The van der Waals surface area contributed by atoms with E-state index in [2.05, 4.69) is 15.3 Å². The van der Waals surface area contributed by atoms with Crippen LogP contribution in [0.3, 0.4) is 0 Å². The van der Waals surface area contributed by atoms with Gasteiger partial charge in [0.15, 0.2) is 17.5 Å². The number of imidazole rings is 1. The second kappa shape index (κ2) is 7.06. The first-order chi connectivity index (χ1) is 11.9. The van der Waals surface area contributed by atoms with Crippen molar-refractivity contribution < 1.29 is 13.2 Å². The lowest BCUT2D eigenvalue weighted by Crippen LogP contribution is -2.25. The third-order valence-corrected chi connectivity index (χ3v) is 3.89. The Hall–Kier alpha value is -2.68. The quantitative estimate of drug-likeness (QED) is 0.691. The topological polar surface area (TPSA) is 74.5 Å². The maximum Gasteiger partial charge on any atom is 0.161 e. The normalized spacial score (nSPS) is 12.5. The Bertz CT molecular complexity index is 873. The fourth-order valence-electron chi connectivity index (χ4n) is 2.53. The van der Waals surface area contributed by atoms with Gasteiger partial charge in [-0.2, -0.15) is 0 Å². The van der Waals surface area contributed by atoms with Gasteiger partial charge in [-0.3, -0.25) is 4.68 Å². The number of nitrogens with zero attached hydrogens (tertiary/aromatic N) is 5. The average Bonchev–Trinajstić information content (AvgIpc) is 3.19. The summed E-state index contributed by atoms with van der Waals surface area (Å²) >= 11 is 0. The zero-order valence-corrected chi connectivity index (χ0v) is 13.5. The second-order valence-corrected chi connectivity index (χ2v) is 5.84. The van der Waals surface area contributed by atoms with Crippen molar-refractivity contribution in [3.63, 3.8) is 0 Å². The van der Waals surface area contributed by atoms with Gasteiger partial charge in [0.25, 0.3) is 0 Å². The minimum atomic E-state index is -1.21. The molecule has 0 bridgehead atoms. The van der Waals surface area contributed by atoms with Gasteiger partial charge in [-0.15, -0.1) is 5.10 Å². The molecule has 9 heteroatoms. The molecule has 132 valence electrons. The van der Waals surface area contributed by atoms with Crippen molar-refractivity contribution in [2.75, 3.05) is 0 Å². The van der Waals surface area contributed by atoms with E-state index < -0.39 is 23.5 Å². The Balaban J connectivity index is 1.60. The van der Waals surface area contributed by atoms with E-state index in [1.807, 2.05) is 11.6 Å². The number of aromatic nitrogens is 5. The number of hydrogen-bond donors (Lipinski definition) is 1. The zero-order chi connectivity index (χ0) is 18.0. The number of benzene rings is 1. The Morgan fingerprint density at radius 2 is 1.92 bits per heavy atom. The van der Waals surface area contributed by atoms with Gasteiger partial charge in [0.2, 0.25) is 0 Å². The molecule has 0 saturated heterocycles. The molecule has 2 heterocycles. The fourth-order valence-corrected chi connectivity index (χ4v) is 2.53. The van der Waals surface area contributed by atoms with Gasteiger partial charge in [-0.1, -0.05) is 5.21 Å². The lowest BCUT2D eigenvalue weighted by atomic mass is 10.0. The summed E-state index contributed by atoms with van der Waals surface area (Å²) in [4.78, 5) is 4.19. The summed E-state index contributed by atoms with van der Waals surface area (Å²) in [6.45, 7) is 0.462. The number of halogens is 3. The summed E-state index contributed by atoms with van der Waals surface area (Å²) in [7, 11) is 1.85. The zero-order valence-electron chi connectivity index (χ0n) is 13.5. The monoisotopic (exact) mass is 350 g/mol. The highest BCUT2D eigenvalue weighted by Gasteiger charge is 2.14. The molecule has 0 amide bonds. The van der Waals surface area contributed by atoms with Crippen LogP contribution in [0.25, 0.3) is 11.5 Å². The lowest BCUT2D eigenvalue weighted by molar-refractivity contribution is 0.473. The molecule has 1 aromatic carbocycles. The Morgan fingerprint density at radius 3 is 2.64 bits per heavy atom. The molecule has 3 aromatic rings. The minimum Gasteiger partial charge on any atom is -0.333 e. The first-order valence-corrected chi connectivity index (χ1v) is 7.71. The predicted octanol–water partition coefficient (Wildman–Crippen LogP) is 2.06. The predicted molar refractivity (Wildman–Crippen MR) is 84.8 cm³/mol. The Morgan fingerprint density at radius 1 is 1.16 bits per heavy atom. The van der Waals surface area contributed by atoms with Crippen LogP contribution < -0.4 is 5.73 Å². The van der Waals surface area contributed by atoms with E-state index in [4.69, 9.17) is 5.73 Å². The first-order valence-electron chi connectivity index (χ1n) is 7.71. The molecule has 0 aliphatic heterocycles. The van der Waals surface area contributed by atoms with Crippen molar-refractivity contribution >= 4 is 0 Å². The van der Waals surface area contributed by atoms with Crippen LogP contribution in [0.4, 0.5) is 13.2 Å². The molecule has 2 aromatic heterocycles. The van der Waals surface area contributed by atoms with Crippen LogP contribution in [0, 0.1) is 17.5 Å². The number of rotatable bonds is 6. The molecule has 0 radical (unpaired) electrons. The smallest absolute Gasteiger partial charge is 0.161 e. The number of aryl methyl sites for hydroxylation is 2. The third kappa shape index (κ3) is 3.87. The fraction of sp³-hybridized carbons (Fsp3) is 0.312. The summed E-state index contributed by atoms with van der Waals surface area (Å²) in [5.74, 6) is -2.40. The van der Waals surface area contributed by atoms with Crippen LogP contribution in [0.5, 0.6) is 0 Å². The van der Waals surface area contributed by atoms with Crippen LogP contribution in [0.1, 0.15) is 12.0 Å². The maximum atomic E-state index is 13.7.